The average Bonchev–Trinajstić information content (AvgIpc) is 2.67. The van der Waals surface area contributed by atoms with Gasteiger partial charge in [0.2, 0.25) is 5.95 Å². The number of anilines is 1. The molecule has 0 radical (unpaired) electrons. The van der Waals surface area contributed by atoms with Crippen molar-refractivity contribution in [1.82, 2.24) is 15.2 Å². The molecule has 0 spiro atoms. The van der Waals surface area contributed by atoms with Crippen LogP contribution < -0.4 is 9.64 Å². The smallest absolute Gasteiger partial charge is 0.245 e. The van der Waals surface area contributed by atoms with E-state index in [2.05, 4.69) is 15.2 Å². The molecule has 5 nitrogen and oxygen atoms in total. The molecule has 0 aliphatic rings. The van der Waals surface area contributed by atoms with Crippen molar-refractivity contribution in [3.05, 3.63) is 54.3 Å². The number of ether oxygens (including phenoxy) is 1. The first kappa shape index (κ1) is 16.8. The second-order valence-electron chi connectivity index (χ2n) is 5.56. The quantitative estimate of drug-likeness (QED) is 0.708. The van der Waals surface area contributed by atoms with Gasteiger partial charge in [-0.2, -0.15) is 0 Å². The average molecular weight is 338 g/mol. The molecule has 0 saturated heterocycles. The summed E-state index contributed by atoms with van der Waals surface area (Å²) in [6.45, 7) is 2.78. The zero-order valence-corrected chi connectivity index (χ0v) is 14.4. The lowest BCUT2D eigenvalue weighted by Crippen LogP contribution is -2.19. The van der Waals surface area contributed by atoms with Crippen LogP contribution in [0.15, 0.2) is 48.5 Å². The fraction of sp³-hybridized carbons (Fsp3) is 0.211. The van der Waals surface area contributed by atoms with Crippen LogP contribution in [0.3, 0.4) is 0 Å². The van der Waals surface area contributed by atoms with Gasteiger partial charge in [0.15, 0.2) is 0 Å². The Labute approximate surface area is 146 Å². The highest BCUT2D eigenvalue weighted by Gasteiger charge is 2.15. The standard InChI is InChI=1S/C19H19FN4O/c1-4-24(2)19-21-17(13-7-11-16(25-3)12-8-13)18(22-23-19)14-5-9-15(20)10-6-14/h5-12H,4H2,1-3H3. The molecule has 1 aromatic heterocycles. The molecule has 0 aliphatic carbocycles. The lowest BCUT2D eigenvalue weighted by atomic mass is 10.0. The third-order valence-electron chi connectivity index (χ3n) is 3.97. The summed E-state index contributed by atoms with van der Waals surface area (Å²) in [5, 5.41) is 8.57. The monoisotopic (exact) mass is 338 g/mol. The van der Waals surface area contributed by atoms with E-state index in [1.807, 2.05) is 43.1 Å². The fourth-order valence-corrected chi connectivity index (χ4v) is 2.37. The number of aromatic nitrogens is 3. The predicted molar refractivity (Wildman–Crippen MR) is 96.2 cm³/mol. The summed E-state index contributed by atoms with van der Waals surface area (Å²) in [6.07, 6.45) is 0. The van der Waals surface area contributed by atoms with Crippen molar-refractivity contribution < 1.29 is 9.13 Å². The van der Waals surface area contributed by atoms with Crippen molar-refractivity contribution >= 4 is 5.95 Å². The summed E-state index contributed by atoms with van der Waals surface area (Å²) in [5.74, 6) is 1.01. The van der Waals surface area contributed by atoms with Crippen LogP contribution >= 0.6 is 0 Å². The highest BCUT2D eigenvalue weighted by molar-refractivity contribution is 5.78. The fourth-order valence-electron chi connectivity index (χ4n) is 2.37. The molecule has 25 heavy (non-hydrogen) atoms. The van der Waals surface area contributed by atoms with E-state index in [1.54, 1.807) is 19.2 Å². The zero-order chi connectivity index (χ0) is 17.8. The Bertz CT molecular complexity index is 850. The molecule has 0 aliphatic heterocycles. The molecule has 0 amide bonds. The Morgan fingerprint density at radius 3 is 2.12 bits per heavy atom. The Kier molecular flexibility index (Phi) is 4.88. The maximum atomic E-state index is 13.3. The van der Waals surface area contributed by atoms with Crippen LogP contribution in [0.25, 0.3) is 22.5 Å². The summed E-state index contributed by atoms with van der Waals surface area (Å²) in [5.41, 5.74) is 2.96. The van der Waals surface area contributed by atoms with Gasteiger partial charge in [0.1, 0.15) is 23.0 Å². The van der Waals surface area contributed by atoms with E-state index in [0.717, 1.165) is 23.4 Å². The van der Waals surface area contributed by atoms with Gasteiger partial charge >= 0.3 is 0 Å². The topological polar surface area (TPSA) is 51.1 Å². The van der Waals surface area contributed by atoms with Crippen LogP contribution in [0.5, 0.6) is 5.75 Å². The van der Waals surface area contributed by atoms with E-state index in [-0.39, 0.29) is 5.82 Å². The zero-order valence-electron chi connectivity index (χ0n) is 14.4. The number of hydrogen-bond acceptors (Lipinski definition) is 5. The number of methoxy groups -OCH3 is 1. The molecule has 128 valence electrons. The second-order valence-corrected chi connectivity index (χ2v) is 5.56. The van der Waals surface area contributed by atoms with Gasteiger partial charge in [0.05, 0.1) is 7.11 Å². The Morgan fingerprint density at radius 1 is 0.920 bits per heavy atom. The van der Waals surface area contributed by atoms with E-state index in [4.69, 9.17) is 4.74 Å². The van der Waals surface area contributed by atoms with Crippen LogP contribution in [-0.2, 0) is 0 Å². The molecule has 0 fully saturated rings. The molecular formula is C19H19FN4O. The number of rotatable bonds is 5. The highest BCUT2D eigenvalue weighted by Crippen LogP contribution is 2.30. The molecule has 6 heteroatoms. The van der Waals surface area contributed by atoms with Gasteiger partial charge in [-0.25, -0.2) is 9.37 Å². The van der Waals surface area contributed by atoms with Gasteiger partial charge < -0.3 is 9.64 Å². The van der Waals surface area contributed by atoms with Crippen molar-refractivity contribution in [3.8, 4) is 28.3 Å². The largest absolute Gasteiger partial charge is 0.497 e. The lowest BCUT2D eigenvalue weighted by Gasteiger charge is -2.16. The van der Waals surface area contributed by atoms with Crippen molar-refractivity contribution in [2.45, 2.75) is 6.92 Å². The molecule has 3 aromatic rings. The van der Waals surface area contributed by atoms with Gasteiger partial charge in [-0.1, -0.05) is 0 Å². The Morgan fingerprint density at radius 2 is 1.52 bits per heavy atom. The summed E-state index contributed by atoms with van der Waals surface area (Å²) in [6, 6.07) is 13.7. The van der Waals surface area contributed by atoms with E-state index < -0.39 is 0 Å². The first-order valence-electron chi connectivity index (χ1n) is 7.98. The third-order valence-corrected chi connectivity index (χ3v) is 3.97. The first-order valence-corrected chi connectivity index (χ1v) is 7.98. The van der Waals surface area contributed by atoms with E-state index in [9.17, 15) is 4.39 Å². The van der Waals surface area contributed by atoms with Crippen molar-refractivity contribution in [3.63, 3.8) is 0 Å². The van der Waals surface area contributed by atoms with Crippen LogP contribution in [0, 0.1) is 5.82 Å². The van der Waals surface area contributed by atoms with Gasteiger partial charge in [0, 0.05) is 24.7 Å². The molecule has 3 rings (SSSR count). The highest BCUT2D eigenvalue weighted by atomic mass is 19.1. The number of halogens is 1. The summed E-state index contributed by atoms with van der Waals surface area (Å²) in [7, 11) is 3.53. The molecular weight excluding hydrogens is 319 g/mol. The number of hydrogen-bond donors (Lipinski definition) is 0. The first-order chi connectivity index (χ1) is 12.1. The van der Waals surface area contributed by atoms with Crippen LogP contribution in [0.2, 0.25) is 0 Å². The Hall–Kier alpha value is -3.02. The second kappa shape index (κ2) is 7.25. The van der Waals surface area contributed by atoms with Gasteiger partial charge in [0.25, 0.3) is 0 Å². The summed E-state index contributed by atoms with van der Waals surface area (Å²) in [4.78, 5) is 6.60. The predicted octanol–water partition coefficient (Wildman–Crippen LogP) is 3.81. The van der Waals surface area contributed by atoms with Crippen molar-refractivity contribution in [1.29, 1.82) is 0 Å². The van der Waals surface area contributed by atoms with Gasteiger partial charge in [-0.05, 0) is 55.5 Å². The minimum Gasteiger partial charge on any atom is -0.497 e. The summed E-state index contributed by atoms with van der Waals surface area (Å²) < 4.78 is 18.5. The lowest BCUT2D eigenvalue weighted by molar-refractivity contribution is 0.415. The van der Waals surface area contributed by atoms with Crippen LogP contribution in [-0.4, -0.2) is 35.9 Å². The van der Waals surface area contributed by atoms with Gasteiger partial charge in [-0.3, -0.25) is 0 Å². The molecule has 1 heterocycles. The molecule has 0 bridgehead atoms. The Balaban J connectivity index is 2.14. The van der Waals surface area contributed by atoms with Crippen molar-refractivity contribution in [2.24, 2.45) is 0 Å². The SMILES string of the molecule is CCN(C)c1nnc(-c2ccc(F)cc2)c(-c2ccc(OC)cc2)n1. The molecule has 2 aromatic carbocycles. The minimum absolute atomic E-state index is 0.294. The van der Waals surface area contributed by atoms with E-state index in [1.165, 1.54) is 12.1 Å². The summed E-state index contributed by atoms with van der Waals surface area (Å²) >= 11 is 0. The number of benzene rings is 2. The maximum Gasteiger partial charge on any atom is 0.245 e. The van der Waals surface area contributed by atoms with E-state index >= 15 is 0 Å². The van der Waals surface area contributed by atoms with Crippen LogP contribution in [0.4, 0.5) is 10.3 Å². The molecule has 0 unspecified atom stereocenters. The van der Waals surface area contributed by atoms with Gasteiger partial charge in [-0.15, -0.1) is 10.2 Å². The number of nitrogens with zero attached hydrogens (tertiary/aromatic N) is 4. The van der Waals surface area contributed by atoms with Crippen molar-refractivity contribution in [2.75, 3.05) is 25.6 Å². The molecule has 0 N–H and O–H groups in total. The van der Waals surface area contributed by atoms with Crippen LogP contribution in [0.1, 0.15) is 6.92 Å². The third kappa shape index (κ3) is 3.57. The normalized spacial score (nSPS) is 10.6. The molecule has 0 atom stereocenters. The molecule has 0 saturated carbocycles. The maximum absolute atomic E-state index is 13.3. The van der Waals surface area contributed by atoms with E-state index in [0.29, 0.717) is 17.3 Å². The minimum atomic E-state index is -0.294.